The Labute approximate surface area is 184 Å². The van der Waals surface area contributed by atoms with Gasteiger partial charge in [0.15, 0.2) is 0 Å². The fraction of sp³-hybridized carbons (Fsp3) is 0.238. The van der Waals surface area contributed by atoms with Gasteiger partial charge in [0.1, 0.15) is 16.6 Å². The summed E-state index contributed by atoms with van der Waals surface area (Å²) >= 11 is 6.23. The summed E-state index contributed by atoms with van der Waals surface area (Å²) in [6.45, 7) is 1.23. The summed E-state index contributed by atoms with van der Waals surface area (Å²) in [4.78, 5) is 17.1. The van der Waals surface area contributed by atoms with Gasteiger partial charge in [0, 0.05) is 18.5 Å². The first kappa shape index (κ1) is 21.5. The lowest BCUT2D eigenvalue weighted by Crippen LogP contribution is -2.40. The molecule has 1 amide bonds. The van der Waals surface area contributed by atoms with Crippen molar-refractivity contribution < 1.29 is 22.7 Å². The number of hydrogen-bond acceptors (Lipinski definition) is 6. The molecular formula is C21H20ClN3O5S. The van der Waals surface area contributed by atoms with Crippen molar-refractivity contribution in [3.05, 3.63) is 59.4 Å². The first-order valence-electron chi connectivity index (χ1n) is 9.53. The zero-order chi connectivity index (χ0) is 22.0. The second-order valence-electron chi connectivity index (χ2n) is 6.85. The molecule has 0 unspecified atom stereocenters. The number of morpholine rings is 1. The summed E-state index contributed by atoms with van der Waals surface area (Å²) in [5.41, 5.74) is 0.320. The van der Waals surface area contributed by atoms with E-state index in [1.807, 2.05) is 24.3 Å². The number of halogens is 1. The minimum absolute atomic E-state index is 0.0509. The van der Waals surface area contributed by atoms with Gasteiger partial charge in [0.25, 0.3) is 5.91 Å². The molecule has 1 fully saturated rings. The van der Waals surface area contributed by atoms with E-state index >= 15 is 0 Å². The Morgan fingerprint density at radius 3 is 2.65 bits per heavy atom. The number of carbonyl (C=O) groups is 1. The van der Waals surface area contributed by atoms with E-state index < -0.39 is 15.9 Å². The molecule has 1 aromatic heterocycles. The van der Waals surface area contributed by atoms with Crippen molar-refractivity contribution in [2.24, 2.45) is 0 Å². The van der Waals surface area contributed by atoms with Gasteiger partial charge in [0.05, 0.1) is 30.9 Å². The van der Waals surface area contributed by atoms with Crippen molar-refractivity contribution in [3.63, 3.8) is 0 Å². The number of methoxy groups -OCH3 is 1. The largest absolute Gasteiger partial charge is 0.495 e. The number of anilines is 1. The van der Waals surface area contributed by atoms with E-state index in [1.54, 1.807) is 6.07 Å². The van der Waals surface area contributed by atoms with Crippen molar-refractivity contribution in [1.29, 1.82) is 0 Å². The zero-order valence-corrected chi connectivity index (χ0v) is 18.2. The molecule has 0 aliphatic carbocycles. The van der Waals surface area contributed by atoms with Crippen LogP contribution in [0.4, 0.5) is 5.69 Å². The third kappa shape index (κ3) is 4.35. The minimum atomic E-state index is -3.74. The van der Waals surface area contributed by atoms with Crippen molar-refractivity contribution >= 4 is 44.0 Å². The van der Waals surface area contributed by atoms with Gasteiger partial charge in [-0.25, -0.2) is 13.4 Å². The Balaban J connectivity index is 1.66. The summed E-state index contributed by atoms with van der Waals surface area (Å²) in [5, 5.41) is 4.40. The summed E-state index contributed by atoms with van der Waals surface area (Å²) in [6.07, 6.45) is 0. The van der Waals surface area contributed by atoms with Crippen LogP contribution < -0.4 is 10.1 Å². The van der Waals surface area contributed by atoms with Crippen molar-refractivity contribution in [3.8, 4) is 5.75 Å². The maximum atomic E-state index is 13.0. The number of pyridine rings is 1. The molecule has 0 atom stereocenters. The van der Waals surface area contributed by atoms with Crippen molar-refractivity contribution in [2.45, 2.75) is 4.90 Å². The number of nitrogens with zero attached hydrogens (tertiary/aromatic N) is 2. The summed E-state index contributed by atoms with van der Waals surface area (Å²) in [5.74, 6) is -0.215. The summed E-state index contributed by atoms with van der Waals surface area (Å²) in [6, 6.07) is 13.3. The van der Waals surface area contributed by atoms with Crippen LogP contribution >= 0.6 is 11.6 Å². The minimum Gasteiger partial charge on any atom is -0.495 e. The first-order chi connectivity index (χ1) is 14.9. The smallest absolute Gasteiger partial charge is 0.274 e. The van der Waals surface area contributed by atoms with E-state index in [0.717, 1.165) is 10.8 Å². The van der Waals surface area contributed by atoms with E-state index in [9.17, 15) is 13.2 Å². The van der Waals surface area contributed by atoms with Crippen LogP contribution in [0.1, 0.15) is 10.5 Å². The molecule has 1 N–H and O–H groups in total. The lowest BCUT2D eigenvalue weighted by Gasteiger charge is -2.26. The molecule has 0 saturated carbocycles. The first-order valence-corrected chi connectivity index (χ1v) is 11.3. The number of carbonyl (C=O) groups excluding carboxylic acids is 1. The Bertz CT molecular complexity index is 1240. The second-order valence-corrected chi connectivity index (χ2v) is 9.15. The van der Waals surface area contributed by atoms with Gasteiger partial charge in [-0.1, -0.05) is 35.9 Å². The van der Waals surface area contributed by atoms with Crippen molar-refractivity contribution in [1.82, 2.24) is 9.29 Å². The van der Waals surface area contributed by atoms with E-state index in [-0.39, 0.29) is 34.5 Å². The molecular weight excluding hydrogens is 442 g/mol. The van der Waals surface area contributed by atoms with E-state index in [1.165, 1.54) is 29.6 Å². The number of benzene rings is 2. The molecule has 0 spiro atoms. The number of sulfonamides is 1. The highest BCUT2D eigenvalue weighted by molar-refractivity contribution is 7.89. The van der Waals surface area contributed by atoms with Crippen molar-refractivity contribution in [2.75, 3.05) is 38.7 Å². The molecule has 2 aromatic carbocycles. The zero-order valence-electron chi connectivity index (χ0n) is 16.7. The fourth-order valence-electron chi connectivity index (χ4n) is 3.34. The van der Waals surface area contributed by atoms with Gasteiger partial charge in [-0.05, 0) is 29.7 Å². The highest BCUT2D eigenvalue weighted by Crippen LogP contribution is 2.30. The predicted octanol–water partition coefficient (Wildman–Crippen LogP) is 3.17. The van der Waals surface area contributed by atoms with Gasteiger partial charge in [-0.2, -0.15) is 4.31 Å². The number of rotatable bonds is 5. The molecule has 0 bridgehead atoms. The normalized spacial score (nSPS) is 15.0. The average Bonchev–Trinajstić information content (AvgIpc) is 2.79. The molecule has 4 rings (SSSR count). The van der Waals surface area contributed by atoms with Gasteiger partial charge >= 0.3 is 0 Å². The monoisotopic (exact) mass is 461 g/mol. The van der Waals surface area contributed by atoms with Gasteiger partial charge in [-0.15, -0.1) is 0 Å². The van der Waals surface area contributed by atoms with Gasteiger partial charge in [-0.3, -0.25) is 4.79 Å². The van der Waals surface area contributed by atoms with Crippen LogP contribution in [0.15, 0.2) is 53.4 Å². The lowest BCUT2D eigenvalue weighted by atomic mass is 10.1. The van der Waals surface area contributed by atoms with Gasteiger partial charge < -0.3 is 14.8 Å². The Hall–Kier alpha value is -2.72. The quantitative estimate of drug-likeness (QED) is 0.586. The van der Waals surface area contributed by atoms with Crippen LogP contribution in [-0.4, -0.2) is 57.0 Å². The van der Waals surface area contributed by atoms with E-state index in [2.05, 4.69) is 10.3 Å². The molecule has 1 saturated heterocycles. The van der Waals surface area contributed by atoms with Gasteiger partial charge in [0.2, 0.25) is 10.0 Å². The molecule has 3 aromatic rings. The SMILES string of the molecule is COc1ccc(S(=O)(=O)N2CCOCC2)cc1NC(=O)c1cc2ccccc2c(Cl)n1. The summed E-state index contributed by atoms with van der Waals surface area (Å²) in [7, 11) is -2.30. The molecule has 1 aliphatic rings. The molecule has 8 nitrogen and oxygen atoms in total. The molecule has 0 radical (unpaired) electrons. The maximum Gasteiger partial charge on any atom is 0.274 e. The predicted molar refractivity (Wildman–Crippen MR) is 117 cm³/mol. The van der Waals surface area contributed by atoms with Crippen LogP contribution in [0.3, 0.4) is 0 Å². The van der Waals surface area contributed by atoms with Crippen LogP contribution in [0.5, 0.6) is 5.75 Å². The number of ether oxygens (including phenoxy) is 2. The summed E-state index contributed by atoms with van der Waals surface area (Å²) < 4.78 is 37.8. The average molecular weight is 462 g/mol. The Kier molecular flexibility index (Phi) is 6.10. The van der Waals surface area contributed by atoms with E-state index in [4.69, 9.17) is 21.1 Å². The van der Waals surface area contributed by atoms with E-state index in [0.29, 0.717) is 19.0 Å². The van der Waals surface area contributed by atoms with Crippen LogP contribution in [0.2, 0.25) is 5.15 Å². The second kappa shape index (κ2) is 8.80. The molecule has 31 heavy (non-hydrogen) atoms. The van der Waals surface area contributed by atoms with Crippen LogP contribution in [0, 0.1) is 0 Å². The third-order valence-electron chi connectivity index (χ3n) is 4.95. The lowest BCUT2D eigenvalue weighted by molar-refractivity contribution is 0.0730. The molecule has 10 heteroatoms. The highest BCUT2D eigenvalue weighted by atomic mass is 35.5. The maximum absolute atomic E-state index is 13.0. The molecule has 2 heterocycles. The Morgan fingerprint density at radius 2 is 1.90 bits per heavy atom. The number of hydrogen-bond donors (Lipinski definition) is 1. The Morgan fingerprint density at radius 1 is 1.16 bits per heavy atom. The number of aromatic nitrogens is 1. The third-order valence-corrected chi connectivity index (χ3v) is 7.14. The molecule has 1 aliphatic heterocycles. The highest BCUT2D eigenvalue weighted by Gasteiger charge is 2.27. The topological polar surface area (TPSA) is 97.8 Å². The van der Waals surface area contributed by atoms with Crippen LogP contribution in [-0.2, 0) is 14.8 Å². The fourth-order valence-corrected chi connectivity index (χ4v) is 5.04. The number of nitrogens with one attached hydrogen (secondary N) is 1. The number of fused-ring (bicyclic) bond motifs is 1. The van der Waals surface area contributed by atoms with Crippen LogP contribution in [0.25, 0.3) is 10.8 Å². The number of amides is 1. The molecule has 162 valence electrons. The standard InChI is InChI=1S/C21H20ClN3O5S/c1-29-19-7-6-15(31(27,28)25-8-10-30-11-9-25)13-17(19)24-21(26)18-12-14-4-2-3-5-16(14)20(22)23-18/h2-7,12-13H,8-11H2,1H3,(H,24,26).